The average molecular weight is 379 g/mol. The van der Waals surface area contributed by atoms with Crippen molar-refractivity contribution in [2.45, 2.75) is 18.5 Å². The molecule has 1 saturated heterocycles. The van der Waals surface area contributed by atoms with Crippen LogP contribution in [-0.4, -0.2) is 42.8 Å². The van der Waals surface area contributed by atoms with Gasteiger partial charge in [-0.2, -0.15) is 0 Å². The van der Waals surface area contributed by atoms with Crippen molar-refractivity contribution in [2.75, 3.05) is 13.2 Å². The molecular formula is C20H21N5OS. The molecular weight excluding hydrogens is 358 g/mol. The van der Waals surface area contributed by atoms with Crippen molar-refractivity contribution < 1.29 is 5.11 Å². The molecule has 0 spiro atoms. The Morgan fingerprint density at radius 1 is 1.04 bits per heavy atom. The van der Waals surface area contributed by atoms with Crippen molar-refractivity contribution in [1.29, 1.82) is 0 Å². The monoisotopic (exact) mass is 379 g/mol. The van der Waals surface area contributed by atoms with Gasteiger partial charge in [0, 0.05) is 37.4 Å². The van der Waals surface area contributed by atoms with E-state index in [2.05, 4.69) is 30.8 Å². The van der Waals surface area contributed by atoms with Crippen LogP contribution in [0.5, 0.6) is 0 Å². The van der Waals surface area contributed by atoms with Gasteiger partial charge in [-0.25, -0.2) is 4.98 Å². The van der Waals surface area contributed by atoms with Crippen LogP contribution in [0, 0.1) is 0 Å². The van der Waals surface area contributed by atoms with Gasteiger partial charge in [0.2, 0.25) is 0 Å². The molecule has 6 nitrogen and oxygen atoms in total. The van der Waals surface area contributed by atoms with Crippen LogP contribution in [0.15, 0.2) is 67.1 Å². The van der Waals surface area contributed by atoms with E-state index in [9.17, 15) is 5.11 Å². The zero-order chi connectivity index (χ0) is 18.6. The second-order valence-electron chi connectivity index (χ2n) is 6.39. The Hall–Kier alpha value is -2.77. The van der Waals surface area contributed by atoms with E-state index in [-0.39, 0.29) is 18.7 Å². The Bertz CT molecular complexity index is 899. The van der Waals surface area contributed by atoms with Crippen LogP contribution in [0.1, 0.15) is 29.9 Å². The molecule has 0 aromatic carbocycles. The number of nitrogens with one attached hydrogen (secondary N) is 1. The van der Waals surface area contributed by atoms with Crippen molar-refractivity contribution >= 4 is 17.3 Å². The summed E-state index contributed by atoms with van der Waals surface area (Å²) in [6.45, 7) is 0.797. The number of aromatic nitrogens is 3. The van der Waals surface area contributed by atoms with E-state index in [0.717, 1.165) is 17.2 Å². The topological polar surface area (TPSA) is 66.2 Å². The van der Waals surface area contributed by atoms with E-state index in [1.807, 2.05) is 48.7 Å². The van der Waals surface area contributed by atoms with Gasteiger partial charge in [-0.3, -0.25) is 4.98 Å². The molecule has 2 N–H and O–H groups in total. The highest BCUT2D eigenvalue weighted by atomic mass is 32.1. The maximum Gasteiger partial charge on any atom is 0.170 e. The second-order valence-corrected chi connectivity index (χ2v) is 6.77. The van der Waals surface area contributed by atoms with Gasteiger partial charge in [0.15, 0.2) is 5.11 Å². The summed E-state index contributed by atoms with van der Waals surface area (Å²) in [5.74, 6) is 0.859. The van der Waals surface area contributed by atoms with E-state index in [4.69, 9.17) is 12.2 Å². The van der Waals surface area contributed by atoms with Crippen LogP contribution >= 0.6 is 12.2 Å². The molecule has 1 aliphatic rings. The number of thiocarbonyl (C=S) groups is 1. The van der Waals surface area contributed by atoms with Crippen LogP contribution in [0.3, 0.4) is 0 Å². The van der Waals surface area contributed by atoms with Gasteiger partial charge < -0.3 is 19.9 Å². The molecule has 1 fully saturated rings. The lowest BCUT2D eigenvalue weighted by molar-refractivity contribution is 0.244. The average Bonchev–Trinajstić information content (AvgIpc) is 3.32. The van der Waals surface area contributed by atoms with Gasteiger partial charge in [0.1, 0.15) is 5.82 Å². The Labute approximate surface area is 163 Å². The van der Waals surface area contributed by atoms with Gasteiger partial charge in [-0.1, -0.05) is 12.1 Å². The minimum Gasteiger partial charge on any atom is -0.396 e. The fourth-order valence-electron chi connectivity index (χ4n) is 3.55. The number of aliphatic hydroxyl groups excluding tert-OH is 1. The van der Waals surface area contributed by atoms with Crippen molar-refractivity contribution in [3.63, 3.8) is 0 Å². The fraction of sp³-hybridized carbons (Fsp3) is 0.250. The quantitative estimate of drug-likeness (QED) is 0.642. The molecule has 0 amide bonds. The third kappa shape index (κ3) is 3.43. The van der Waals surface area contributed by atoms with Crippen LogP contribution in [-0.2, 0) is 0 Å². The minimum atomic E-state index is -0.0743. The molecule has 0 unspecified atom stereocenters. The van der Waals surface area contributed by atoms with Crippen LogP contribution in [0.2, 0.25) is 0 Å². The molecule has 0 saturated carbocycles. The van der Waals surface area contributed by atoms with Crippen molar-refractivity contribution in [2.24, 2.45) is 0 Å². The summed E-state index contributed by atoms with van der Waals surface area (Å²) >= 11 is 5.62. The minimum absolute atomic E-state index is 0.0454. The molecule has 0 bridgehead atoms. The van der Waals surface area contributed by atoms with Gasteiger partial charge >= 0.3 is 0 Å². The molecule has 0 aliphatic carbocycles. The first kappa shape index (κ1) is 17.6. The third-order valence-corrected chi connectivity index (χ3v) is 5.09. The predicted octanol–water partition coefficient (Wildman–Crippen LogP) is 2.62. The summed E-state index contributed by atoms with van der Waals surface area (Å²) in [4.78, 5) is 11.2. The highest BCUT2D eigenvalue weighted by molar-refractivity contribution is 7.80. The summed E-state index contributed by atoms with van der Waals surface area (Å²) in [6.07, 6.45) is 6.25. The predicted molar refractivity (Wildman–Crippen MR) is 107 cm³/mol. The number of nitrogens with zero attached hydrogens (tertiary/aromatic N) is 4. The highest BCUT2D eigenvalue weighted by Gasteiger charge is 2.40. The van der Waals surface area contributed by atoms with E-state index < -0.39 is 0 Å². The van der Waals surface area contributed by atoms with E-state index in [1.165, 1.54) is 0 Å². The fourth-order valence-corrected chi connectivity index (χ4v) is 3.88. The molecule has 4 rings (SSSR count). The first-order chi connectivity index (χ1) is 13.3. The van der Waals surface area contributed by atoms with Crippen LogP contribution in [0.4, 0.5) is 0 Å². The van der Waals surface area contributed by atoms with Gasteiger partial charge in [-0.15, -0.1) is 0 Å². The molecule has 7 heteroatoms. The summed E-state index contributed by atoms with van der Waals surface area (Å²) < 4.78 is 2.09. The van der Waals surface area contributed by atoms with E-state index in [0.29, 0.717) is 18.1 Å². The maximum atomic E-state index is 9.33. The lowest BCUT2D eigenvalue weighted by Crippen LogP contribution is -2.31. The Kier molecular flexibility index (Phi) is 5.13. The van der Waals surface area contributed by atoms with Gasteiger partial charge in [0.25, 0.3) is 0 Å². The largest absolute Gasteiger partial charge is 0.396 e. The summed E-state index contributed by atoms with van der Waals surface area (Å²) in [5.41, 5.74) is 2.01. The smallest absolute Gasteiger partial charge is 0.170 e. The number of hydrogen-bond donors (Lipinski definition) is 2. The van der Waals surface area contributed by atoms with Crippen molar-refractivity contribution in [3.05, 3.63) is 78.5 Å². The standard InChI is InChI=1S/C20H21N5OS/c26-14-6-13-25-19(18(23-20(25)27)15-7-1-3-10-21-15)16-8-5-12-24(16)17-9-2-4-11-22-17/h1-5,7-12,18-19,26H,6,13-14H2,(H,23,27)/t18-,19-/m0/s1. The van der Waals surface area contributed by atoms with Gasteiger partial charge in [-0.05, 0) is 55.0 Å². The van der Waals surface area contributed by atoms with E-state index in [1.54, 1.807) is 12.4 Å². The maximum absolute atomic E-state index is 9.33. The lowest BCUT2D eigenvalue weighted by atomic mass is 10.0. The third-order valence-electron chi connectivity index (χ3n) is 4.73. The molecule has 0 radical (unpaired) electrons. The number of pyridine rings is 2. The highest BCUT2D eigenvalue weighted by Crippen LogP contribution is 2.39. The first-order valence-electron chi connectivity index (χ1n) is 8.97. The zero-order valence-electron chi connectivity index (χ0n) is 14.8. The summed E-state index contributed by atoms with van der Waals surface area (Å²) in [6, 6.07) is 15.8. The molecule has 3 aromatic heterocycles. The van der Waals surface area contributed by atoms with Crippen LogP contribution in [0.25, 0.3) is 5.82 Å². The molecule has 138 valence electrons. The molecule has 3 aromatic rings. The van der Waals surface area contributed by atoms with Gasteiger partial charge in [0.05, 0.1) is 17.8 Å². The summed E-state index contributed by atoms with van der Waals surface area (Å²) in [5, 5.41) is 13.4. The number of hydrogen-bond acceptors (Lipinski definition) is 4. The molecule has 4 heterocycles. The lowest BCUT2D eigenvalue weighted by Gasteiger charge is -2.28. The molecule has 27 heavy (non-hydrogen) atoms. The van der Waals surface area contributed by atoms with Crippen LogP contribution < -0.4 is 5.32 Å². The normalized spacial score (nSPS) is 19.3. The second kappa shape index (κ2) is 7.85. The van der Waals surface area contributed by atoms with Crippen molar-refractivity contribution in [1.82, 2.24) is 24.8 Å². The Morgan fingerprint density at radius 2 is 1.85 bits per heavy atom. The van der Waals surface area contributed by atoms with Crippen molar-refractivity contribution in [3.8, 4) is 5.82 Å². The van der Waals surface area contributed by atoms with E-state index >= 15 is 0 Å². The Morgan fingerprint density at radius 3 is 2.56 bits per heavy atom. The first-order valence-corrected chi connectivity index (χ1v) is 9.38. The Balaban J connectivity index is 1.78. The molecule has 2 atom stereocenters. The number of rotatable bonds is 6. The SMILES string of the molecule is OCCCN1C(=S)N[C@@H](c2ccccn2)[C@@H]1c1cccn1-c1ccccn1. The zero-order valence-corrected chi connectivity index (χ0v) is 15.6. The number of aliphatic hydroxyl groups is 1. The molecule has 1 aliphatic heterocycles. The summed E-state index contributed by atoms with van der Waals surface area (Å²) in [7, 11) is 0.